The highest BCUT2D eigenvalue weighted by molar-refractivity contribution is 6.30. The number of methoxy groups -OCH3 is 2. The highest BCUT2D eigenvalue weighted by atomic mass is 35.5. The molecule has 2 heterocycles. The number of nitrogens with two attached hydrogens (primary N) is 1. The lowest BCUT2D eigenvalue weighted by Crippen LogP contribution is -2.31. The van der Waals surface area contributed by atoms with E-state index in [1.807, 2.05) is 18.2 Å². The second-order valence-electron chi connectivity index (χ2n) is 6.76. The van der Waals surface area contributed by atoms with Gasteiger partial charge in [-0.15, -0.1) is 5.10 Å². The monoisotopic (exact) mass is 425 g/mol. The van der Waals surface area contributed by atoms with Crippen LogP contribution in [0.5, 0.6) is 11.5 Å². The van der Waals surface area contributed by atoms with Crippen LogP contribution in [-0.2, 0) is 4.79 Å². The number of hydrogen-bond acceptors (Lipinski definition) is 6. The molecular formula is C21H20ClN5O3. The van der Waals surface area contributed by atoms with Crippen molar-refractivity contribution >= 4 is 23.5 Å². The lowest BCUT2D eigenvalue weighted by molar-refractivity contribution is -0.115. The molecule has 154 valence electrons. The Balaban J connectivity index is 1.84. The number of hydrogen-bond donors (Lipinski definition) is 2. The van der Waals surface area contributed by atoms with Crippen LogP contribution >= 0.6 is 11.6 Å². The van der Waals surface area contributed by atoms with Gasteiger partial charge in [-0.1, -0.05) is 23.7 Å². The standard InChI is InChI=1S/C21H20ClN5O3/c1-11-17(19(23)28)18(12-4-7-14(22)8-5-12)27-21(24-11)25-20(26-27)13-6-9-15(29-2)16(10-13)30-3/h4-10,18H,1-3H3,(H2,23,28)(H,24,25,26). The average molecular weight is 426 g/mol. The molecular weight excluding hydrogens is 406 g/mol. The van der Waals surface area contributed by atoms with Gasteiger partial charge in [-0.2, -0.15) is 4.98 Å². The largest absolute Gasteiger partial charge is 0.493 e. The number of carbonyl (C=O) groups is 1. The van der Waals surface area contributed by atoms with Crippen molar-refractivity contribution in [2.45, 2.75) is 13.0 Å². The molecule has 4 rings (SSSR count). The maximum atomic E-state index is 12.3. The summed E-state index contributed by atoms with van der Waals surface area (Å²) in [5, 5.41) is 8.40. The quantitative estimate of drug-likeness (QED) is 0.649. The molecule has 9 heteroatoms. The number of anilines is 1. The first-order valence-corrected chi connectivity index (χ1v) is 9.52. The Labute approximate surface area is 178 Å². The molecule has 0 radical (unpaired) electrons. The highest BCUT2D eigenvalue weighted by Crippen LogP contribution is 2.37. The van der Waals surface area contributed by atoms with Crippen molar-refractivity contribution in [2.24, 2.45) is 5.73 Å². The van der Waals surface area contributed by atoms with Gasteiger partial charge in [0.1, 0.15) is 6.04 Å². The van der Waals surface area contributed by atoms with Crippen LogP contribution in [0.15, 0.2) is 53.7 Å². The van der Waals surface area contributed by atoms with E-state index < -0.39 is 11.9 Å². The minimum atomic E-state index is -0.534. The Bertz CT molecular complexity index is 1150. The molecule has 1 unspecified atom stereocenters. The number of nitrogens with zero attached hydrogens (tertiary/aromatic N) is 3. The van der Waals surface area contributed by atoms with E-state index in [0.717, 1.165) is 11.1 Å². The van der Waals surface area contributed by atoms with Crippen LogP contribution in [0.3, 0.4) is 0 Å². The average Bonchev–Trinajstić information content (AvgIpc) is 3.16. The van der Waals surface area contributed by atoms with Crippen LogP contribution < -0.4 is 20.5 Å². The number of primary amides is 1. The lowest BCUT2D eigenvalue weighted by atomic mass is 9.95. The zero-order chi connectivity index (χ0) is 21.4. The Hall–Kier alpha value is -3.52. The number of carbonyl (C=O) groups excluding carboxylic acids is 1. The third-order valence-electron chi connectivity index (χ3n) is 4.95. The predicted molar refractivity (Wildman–Crippen MR) is 114 cm³/mol. The molecule has 1 atom stereocenters. The van der Waals surface area contributed by atoms with Gasteiger partial charge in [0, 0.05) is 16.3 Å². The molecule has 1 aliphatic heterocycles. The Morgan fingerprint density at radius 3 is 2.47 bits per heavy atom. The fourth-order valence-corrected chi connectivity index (χ4v) is 3.65. The molecule has 0 bridgehead atoms. The van der Waals surface area contributed by atoms with Crippen LogP contribution in [0.4, 0.5) is 5.95 Å². The molecule has 3 N–H and O–H groups in total. The molecule has 0 spiro atoms. The number of fused-ring (bicyclic) bond motifs is 1. The van der Waals surface area contributed by atoms with Crippen molar-refractivity contribution in [3.63, 3.8) is 0 Å². The summed E-state index contributed by atoms with van der Waals surface area (Å²) in [7, 11) is 3.14. The zero-order valence-electron chi connectivity index (χ0n) is 16.6. The summed E-state index contributed by atoms with van der Waals surface area (Å²) in [5.41, 5.74) is 8.30. The number of benzene rings is 2. The van der Waals surface area contributed by atoms with E-state index >= 15 is 0 Å². The minimum absolute atomic E-state index is 0.411. The molecule has 30 heavy (non-hydrogen) atoms. The van der Waals surface area contributed by atoms with E-state index in [2.05, 4.69) is 15.4 Å². The van der Waals surface area contributed by atoms with Crippen molar-refractivity contribution in [1.82, 2.24) is 14.8 Å². The molecule has 0 saturated heterocycles. The summed E-state index contributed by atoms with van der Waals surface area (Å²) in [5.74, 6) is 1.61. The van der Waals surface area contributed by atoms with Crippen LogP contribution in [0.2, 0.25) is 5.02 Å². The number of halogens is 1. The molecule has 8 nitrogen and oxygen atoms in total. The Morgan fingerprint density at radius 2 is 1.83 bits per heavy atom. The van der Waals surface area contributed by atoms with Crippen molar-refractivity contribution < 1.29 is 14.3 Å². The topological polar surface area (TPSA) is 104 Å². The van der Waals surface area contributed by atoms with Gasteiger partial charge >= 0.3 is 0 Å². The highest BCUT2D eigenvalue weighted by Gasteiger charge is 2.33. The van der Waals surface area contributed by atoms with E-state index in [4.69, 9.17) is 26.8 Å². The second-order valence-corrected chi connectivity index (χ2v) is 7.19. The van der Waals surface area contributed by atoms with E-state index in [9.17, 15) is 4.79 Å². The van der Waals surface area contributed by atoms with Gasteiger partial charge in [-0.25, -0.2) is 4.68 Å². The van der Waals surface area contributed by atoms with Crippen LogP contribution in [0.25, 0.3) is 11.4 Å². The first-order chi connectivity index (χ1) is 14.4. The normalized spacial score (nSPS) is 15.4. The van der Waals surface area contributed by atoms with Crippen molar-refractivity contribution in [3.8, 4) is 22.9 Å². The number of nitrogens with one attached hydrogen (secondary N) is 1. The summed E-state index contributed by atoms with van der Waals surface area (Å²) in [4.78, 5) is 16.9. The first-order valence-electron chi connectivity index (χ1n) is 9.15. The summed E-state index contributed by atoms with van der Waals surface area (Å²) >= 11 is 6.04. The smallest absolute Gasteiger partial charge is 0.248 e. The van der Waals surface area contributed by atoms with Gasteiger partial charge in [0.2, 0.25) is 11.9 Å². The first kappa shape index (κ1) is 19.8. The van der Waals surface area contributed by atoms with Crippen LogP contribution in [0.1, 0.15) is 18.5 Å². The van der Waals surface area contributed by atoms with Gasteiger partial charge in [0.05, 0.1) is 19.8 Å². The van der Waals surface area contributed by atoms with Crippen molar-refractivity contribution in [1.29, 1.82) is 0 Å². The van der Waals surface area contributed by atoms with Crippen LogP contribution in [-0.4, -0.2) is 34.9 Å². The van der Waals surface area contributed by atoms with Crippen molar-refractivity contribution in [2.75, 3.05) is 19.5 Å². The summed E-state index contributed by atoms with van der Waals surface area (Å²) in [6.07, 6.45) is 0. The summed E-state index contributed by atoms with van der Waals surface area (Å²) in [6, 6.07) is 12.1. The molecule has 1 amide bonds. The maximum Gasteiger partial charge on any atom is 0.248 e. The third-order valence-corrected chi connectivity index (χ3v) is 5.20. The summed E-state index contributed by atoms with van der Waals surface area (Å²) in [6.45, 7) is 1.79. The minimum Gasteiger partial charge on any atom is -0.493 e. The van der Waals surface area contributed by atoms with E-state index in [-0.39, 0.29) is 0 Å². The number of rotatable bonds is 5. The van der Waals surface area contributed by atoms with Gasteiger partial charge in [0.25, 0.3) is 0 Å². The molecule has 3 aromatic rings. The summed E-state index contributed by atoms with van der Waals surface area (Å²) < 4.78 is 12.3. The van der Waals surface area contributed by atoms with Crippen LogP contribution in [0, 0.1) is 0 Å². The fraction of sp³-hybridized carbons (Fsp3) is 0.190. The van der Waals surface area contributed by atoms with Gasteiger partial charge < -0.3 is 20.5 Å². The van der Waals surface area contributed by atoms with Crippen molar-refractivity contribution in [3.05, 3.63) is 64.3 Å². The number of ether oxygens (including phenoxy) is 2. The second kappa shape index (κ2) is 7.72. The number of allylic oxidation sites excluding steroid dienone is 1. The maximum absolute atomic E-state index is 12.3. The molecule has 1 aliphatic rings. The SMILES string of the molecule is COc1ccc(-c2nc3n(n2)C(c2ccc(Cl)cc2)C(C(N)=O)=C(C)N3)cc1OC. The number of aromatic nitrogens is 3. The van der Waals surface area contributed by atoms with E-state index in [1.165, 1.54) is 0 Å². The molecule has 2 aromatic carbocycles. The molecule has 0 saturated carbocycles. The number of amides is 1. The van der Waals surface area contributed by atoms with Gasteiger partial charge in [0.15, 0.2) is 17.3 Å². The van der Waals surface area contributed by atoms with E-state index in [0.29, 0.717) is 39.6 Å². The lowest BCUT2D eigenvalue weighted by Gasteiger charge is -2.27. The Kier molecular flexibility index (Phi) is 5.09. The van der Waals surface area contributed by atoms with Gasteiger partial charge in [-0.05, 0) is 42.8 Å². The fourth-order valence-electron chi connectivity index (χ4n) is 3.52. The molecule has 1 aromatic heterocycles. The third kappa shape index (κ3) is 3.35. The van der Waals surface area contributed by atoms with E-state index in [1.54, 1.807) is 50.1 Å². The zero-order valence-corrected chi connectivity index (χ0v) is 17.4. The molecule has 0 fully saturated rings. The van der Waals surface area contributed by atoms with Gasteiger partial charge in [-0.3, -0.25) is 4.79 Å². The predicted octanol–water partition coefficient (Wildman–Crippen LogP) is 3.39. The Morgan fingerprint density at radius 1 is 1.13 bits per heavy atom. The molecule has 0 aliphatic carbocycles.